The molecule has 0 N–H and O–H groups in total. The Morgan fingerprint density at radius 1 is 1.06 bits per heavy atom. The molecule has 0 radical (unpaired) electrons. The summed E-state index contributed by atoms with van der Waals surface area (Å²) < 4.78 is 19.3. The third kappa shape index (κ3) is 4.86. The third-order valence-electron chi connectivity index (χ3n) is 5.58. The number of carbonyl (C=O) groups is 1. The lowest BCUT2D eigenvalue weighted by Crippen LogP contribution is -2.45. The first-order valence-corrected chi connectivity index (χ1v) is 11.2. The fourth-order valence-electron chi connectivity index (χ4n) is 3.69. The standard InChI is InChI=1S/C25H25FN2O2S/c1-27-10-12-28(13-11-27)24-7-4-19(20-9-14-31-17-20)15-22(24)25(29)8-5-18-3-6-21(30-2)16-23(18)26/h3-9,14-17H,10-13H2,1-2H3. The van der Waals surface area contributed by atoms with Gasteiger partial charge in [0.25, 0.3) is 0 Å². The van der Waals surface area contributed by atoms with Crippen LogP contribution in [0.25, 0.3) is 17.2 Å². The molecule has 1 fully saturated rings. The summed E-state index contributed by atoms with van der Waals surface area (Å²) >= 11 is 1.63. The highest BCUT2D eigenvalue weighted by atomic mass is 32.1. The average Bonchev–Trinajstić information content (AvgIpc) is 3.33. The predicted molar refractivity (Wildman–Crippen MR) is 126 cm³/mol. The first-order valence-electron chi connectivity index (χ1n) is 10.2. The molecule has 1 aliphatic rings. The smallest absolute Gasteiger partial charge is 0.187 e. The second-order valence-electron chi connectivity index (χ2n) is 7.62. The van der Waals surface area contributed by atoms with Crippen LogP contribution in [0.5, 0.6) is 5.75 Å². The number of allylic oxidation sites excluding steroid dienone is 1. The molecular formula is C25H25FN2O2S. The van der Waals surface area contributed by atoms with Crippen LogP contribution in [-0.2, 0) is 0 Å². The van der Waals surface area contributed by atoms with E-state index in [0.717, 1.165) is 43.0 Å². The number of ether oxygens (including phenoxy) is 1. The van der Waals surface area contributed by atoms with E-state index in [4.69, 9.17) is 4.74 Å². The molecule has 1 aliphatic heterocycles. The molecule has 1 saturated heterocycles. The number of likely N-dealkylation sites (N-methyl/N-ethyl adjacent to an activating group) is 1. The Morgan fingerprint density at radius 3 is 2.55 bits per heavy atom. The highest BCUT2D eigenvalue weighted by Gasteiger charge is 2.20. The van der Waals surface area contributed by atoms with Crippen LogP contribution in [0.15, 0.2) is 59.3 Å². The van der Waals surface area contributed by atoms with Crippen molar-refractivity contribution in [3.63, 3.8) is 0 Å². The highest BCUT2D eigenvalue weighted by Crippen LogP contribution is 2.30. The molecule has 0 aliphatic carbocycles. The lowest BCUT2D eigenvalue weighted by atomic mass is 9.99. The van der Waals surface area contributed by atoms with Gasteiger partial charge in [-0.15, -0.1) is 0 Å². The van der Waals surface area contributed by atoms with Gasteiger partial charge >= 0.3 is 0 Å². The predicted octanol–water partition coefficient (Wildman–Crippen LogP) is 5.21. The van der Waals surface area contributed by atoms with Gasteiger partial charge in [0.2, 0.25) is 0 Å². The van der Waals surface area contributed by atoms with Gasteiger partial charge in [0.15, 0.2) is 5.78 Å². The molecule has 2 aromatic carbocycles. The van der Waals surface area contributed by atoms with Crippen molar-refractivity contribution in [1.29, 1.82) is 0 Å². The third-order valence-corrected chi connectivity index (χ3v) is 6.27. The molecule has 3 aromatic rings. The van der Waals surface area contributed by atoms with E-state index in [1.807, 2.05) is 23.6 Å². The number of anilines is 1. The van der Waals surface area contributed by atoms with Crippen molar-refractivity contribution in [2.75, 3.05) is 45.2 Å². The molecule has 1 aromatic heterocycles. The Labute approximate surface area is 186 Å². The number of halogens is 1. The zero-order chi connectivity index (χ0) is 21.8. The van der Waals surface area contributed by atoms with E-state index >= 15 is 0 Å². The van der Waals surface area contributed by atoms with Gasteiger partial charge in [-0.3, -0.25) is 4.79 Å². The molecule has 0 amide bonds. The first-order chi connectivity index (χ1) is 15.0. The van der Waals surface area contributed by atoms with Crippen LogP contribution in [0.1, 0.15) is 15.9 Å². The number of piperazine rings is 1. The summed E-state index contributed by atoms with van der Waals surface area (Å²) in [7, 11) is 3.60. The first kappa shape index (κ1) is 21.3. The lowest BCUT2D eigenvalue weighted by Gasteiger charge is -2.35. The van der Waals surface area contributed by atoms with Crippen LogP contribution in [0.2, 0.25) is 0 Å². The van der Waals surface area contributed by atoms with Crippen molar-refractivity contribution < 1.29 is 13.9 Å². The fourth-order valence-corrected chi connectivity index (χ4v) is 4.36. The Hall–Kier alpha value is -2.96. The molecule has 6 heteroatoms. The van der Waals surface area contributed by atoms with E-state index in [1.165, 1.54) is 25.3 Å². The molecule has 0 spiro atoms. The van der Waals surface area contributed by atoms with Gasteiger partial charge < -0.3 is 14.5 Å². The summed E-state index contributed by atoms with van der Waals surface area (Å²) in [6, 6.07) is 12.7. The minimum absolute atomic E-state index is 0.138. The number of benzene rings is 2. The second kappa shape index (κ2) is 9.45. The minimum atomic E-state index is -0.422. The van der Waals surface area contributed by atoms with Gasteiger partial charge in [0.05, 0.1) is 7.11 Å². The Morgan fingerprint density at radius 2 is 1.87 bits per heavy atom. The number of hydrogen-bond acceptors (Lipinski definition) is 5. The summed E-state index contributed by atoms with van der Waals surface area (Å²) in [5, 5.41) is 4.10. The Balaban J connectivity index is 1.66. The molecule has 31 heavy (non-hydrogen) atoms. The summed E-state index contributed by atoms with van der Waals surface area (Å²) in [6.07, 6.45) is 2.99. The van der Waals surface area contributed by atoms with Gasteiger partial charge in [-0.2, -0.15) is 11.3 Å². The number of carbonyl (C=O) groups excluding carboxylic acids is 1. The number of nitrogens with zero attached hydrogens (tertiary/aromatic N) is 2. The van der Waals surface area contributed by atoms with Crippen LogP contribution < -0.4 is 9.64 Å². The van der Waals surface area contributed by atoms with Crippen LogP contribution >= 0.6 is 11.3 Å². The van der Waals surface area contributed by atoms with Gasteiger partial charge in [0.1, 0.15) is 11.6 Å². The highest BCUT2D eigenvalue weighted by molar-refractivity contribution is 7.08. The zero-order valence-corrected chi connectivity index (χ0v) is 18.5. The molecule has 2 heterocycles. The fraction of sp³-hybridized carbons (Fsp3) is 0.240. The van der Waals surface area contributed by atoms with E-state index < -0.39 is 5.82 Å². The molecule has 4 rings (SSSR count). The summed E-state index contributed by atoms with van der Waals surface area (Å²) in [4.78, 5) is 17.8. The van der Waals surface area contributed by atoms with Crippen molar-refractivity contribution in [3.05, 3.63) is 76.2 Å². The molecule has 160 valence electrons. The summed E-state index contributed by atoms with van der Waals surface area (Å²) in [5.41, 5.74) is 4.01. The van der Waals surface area contributed by atoms with Crippen molar-refractivity contribution >= 4 is 28.9 Å². The van der Waals surface area contributed by atoms with E-state index in [0.29, 0.717) is 16.9 Å². The largest absolute Gasteiger partial charge is 0.497 e. The number of ketones is 1. The maximum atomic E-state index is 14.3. The van der Waals surface area contributed by atoms with Gasteiger partial charge in [-0.05, 0) is 71.4 Å². The maximum absolute atomic E-state index is 14.3. The van der Waals surface area contributed by atoms with Crippen molar-refractivity contribution in [1.82, 2.24) is 4.90 Å². The van der Waals surface area contributed by atoms with Gasteiger partial charge in [-0.1, -0.05) is 6.07 Å². The van der Waals surface area contributed by atoms with Gasteiger partial charge in [-0.25, -0.2) is 4.39 Å². The molecular weight excluding hydrogens is 411 g/mol. The van der Waals surface area contributed by atoms with Crippen molar-refractivity contribution in [2.45, 2.75) is 0 Å². The maximum Gasteiger partial charge on any atom is 0.187 e. The number of hydrogen-bond donors (Lipinski definition) is 0. The zero-order valence-electron chi connectivity index (χ0n) is 17.7. The molecule has 0 saturated carbocycles. The molecule has 0 bridgehead atoms. The van der Waals surface area contributed by atoms with Crippen LogP contribution in [-0.4, -0.2) is 51.0 Å². The lowest BCUT2D eigenvalue weighted by molar-refractivity contribution is 0.104. The van der Waals surface area contributed by atoms with Crippen LogP contribution in [0, 0.1) is 5.82 Å². The number of thiophene rings is 1. The van der Waals surface area contributed by atoms with E-state index in [2.05, 4.69) is 28.3 Å². The summed E-state index contributed by atoms with van der Waals surface area (Å²) in [5.74, 6) is -0.113. The molecule has 0 unspecified atom stereocenters. The Kier molecular flexibility index (Phi) is 6.49. The topological polar surface area (TPSA) is 32.8 Å². The van der Waals surface area contributed by atoms with Crippen LogP contribution in [0.4, 0.5) is 10.1 Å². The minimum Gasteiger partial charge on any atom is -0.497 e. The van der Waals surface area contributed by atoms with E-state index in [1.54, 1.807) is 23.5 Å². The summed E-state index contributed by atoms with van der Waals surface area (Å²) in [6.45, 7) is 3.64. The quantitative estimate of drug-likeness (QED) is 0.392. The van der Waals surface area contributed by atoms with Gasteiger partial charge in [0, 0.05) is 49.1 Å². The van der Waals surface area contributed by atoms with Crippen LogP contribution in [0.3, 0.4) is 0 Å². The van der Waals surface area contributed by atoms with E-state index in [-0.39, 0.29) is 5.78 Å². The van der Waals surface area contributed by atoms with E-state index in [9.17, 15) is 9.18 Å². The van der Waals surface area contributed by atoms with Crippen molar-refractivity contribution in [3.8, 4) is 16.9 Å². The Bertz CT molecular complexity index is 1090. The number of rotatable bonds is 6. The molecule has 0 atom stereocenters. The molecule has 4 nitrogen and oxygen atoms in total. The average molecular weight is 437 g/mol. The monoisotopic (exact) mass is 436 g/mol. The number of methoxy groups -OCH3 is 1. The SMILES string of the molecule is COc1ccc(C=CC(=O)c2cc(-c3ccsc3)ccc2N2CCN(C)CC2)c(F)c1. The van der Waals surface area contributed by atoms with Crippen molar-refractivity contribution in [2.24, 2.45) is 0 Å². The second-order valence-corrected chi connectivity index (χ2v) is 8.40. The normalized spacial score (nSPS) is 14.9.